The Morgan fingerprint density at radius 2 is 1.73 bits per heavy atom. The highest BCUT2D eigenvalue weighted by molar-refractivity contribution is 5.77. The summed E-state index contributed by atoms with van der Waals surface area (Å²) in [5, 5.41) is 28.9. The Kier molecular flexibility index (Phi) is 7.00. The number of aromatic hydroxyl groups is 1. The van der Waals surface area contributed by atoms with Gasteiger partial charge in [-0.2, -0.15) is 0 Å². The van der Waals surface area contributed by atoms with Crippen molar-refractivity contribution in [2.24, 2.45) is 5.92 Å². The monoisotopic (exact) mass is 360 g/mol. The van der Waals surface area contributed by atoms with E-state index in [9.17, 15) is 15.0 Å². The molecule has 0 amide bonds. The third kappa shape index (κ3) is 5.47. The van der Waals surface area contributed by atoms with Crippen molar-refractivity contribution >= 4 is 5.97 Å². The highest BCUT2D eigenvalue weighted by Crippen LogP contribution is 2.26. The van der Waals surface area contributed by atoms with Gasteiger partial charge in [-0.1, -0.05) is 25.1 Å². The molecule has 0 spiro atoms. The van der Waals surface area contributed by atoms with E-state index in [1.807, 2.05) is 19.1 Å². The minimum absolute atomic E-state index is 0.0164. The van der Waals surface area contributed by atoms with Gasteiger partial charge in [-0.25, -0.2) is 4.79 Å². The second-order valence-corrected chi connectivity index (χ2v) is 6.28. The number of aliphatic hydroxyl groups excluding tert-OH is 2. The van der Waals surface area contributed by atoms with Crippen LogP contribution in [0.3, 0.4) is 0 Å². The van der Waals surface area contributed by atoms with Crippen molar-refractivity contribution in [2.75, 3.05) is 13.7 Å². The number of carbonyl (C=O) groups is 1. The van der Waals surface area contributed by atoms with Crippen LogP contribution in [0.2, 0.25) is 0 Å². The Morgan fingerprint density at radius 3 is 2.31 bits per heavy atom. The van der Waals surface area contributed by atoms with Gasteiger partial charge in [0.2, 0.25) is 0 Å². The van der Waals surface area contributed by atoms with Gasteiger partial charge in [0, 0.05) is 13.0 Å². The molecule has 2 atom stereocenters. The molecule has 0 aromatic heterocycles. The zero-order chi connectivity index (χ0) is 19.1. The normalized spacial score (nSPS) is 13.1. The second kappa shape index (κ2) is 9.22. The zero-order valence-corrected chi connectivity index (χ0v) is 14.9. The molecule has 2 rings (SSSR count). The first-order chi connectivity index (χ1) is 12.4. The molecule has 0 saturated heterocycles. The van der Waals surface area contributed by atoms with Crippen molar-refractivity contribution in [1.29, 1.82) is 0 Å². The van der Waals surface area contributed by atoms with Crippen LogP contribution in [-0.2, 0) is 17.6 Å². The Hall–Kier alpha value is -2.57. The predicted octanol–water partition coefficient (Wildman–Crippen LogP) is 2.08. The molecule has 0 bridgehead atoms. The van der Waals surface area contributed by atoms with Crippen LogP contribution in [0, 0.1) is 5.92 Å². The molecule has 2 unspecified atom stereocenters. The molecule has 0 radical (unpaired) electrons. The van der Waals surface area contributed by atoms with E-state index in [1.54, 1.807) is 24.3 Å². The Labute approximate surface area is 152 Å². The number of ether oxygens (including phenoxy) is 2. The van der Waals surface area contributed by atoms with Gasteiger partial charge in [0.15, 0.2) is 17.6 Å². The van der Waals surface area contributed by atoms with Crippen LogP contribution >= 0.6 is 0 Å². The Bertz CT molecular complexity index is 726. The first-order valence-corrected chi connectivity index (χ1v) is 8.38. The molecule has 140 valence electrons. The van der Waals surface area contributed by atoms with Crippen molar-refractivity contribution < 1.29 is 29.6 Å². The summed E-state index contributed by atoms with van der Waals surface area (Å²) in [5.41, 5.74) is 1.61. The van der Waals surface area contributed by atoms with E-state index in [0.29, 0.717) is 17.1 Å². The van der Waals surface area contributed by atoms with E-state index in [2.05, 4.69) is 0 Å². The maximum Gasteiger partial charge on any atom is 0.340 e. The lowest BCUT2D eigenvalue weighted by Gasteiger charge is -2.12. The minimum atomic E-state index is -1.35. The number of methoxy groups -OCH3 is 1. The SMILES string of the molecule is COc1ccc(CC(O)C(=O)Oc2ccc(CC(C)CO)cc2)cc1O. The van der Waals surface area contributed by atoms with Gasteiger partial charge in [0.1, 0.15) is 5.75 Å². The maximum atomic E-state index is 12.0. The van der Waals surface area contributed by atoms with Gasteiger partial charge in [0.25, 0.3) is 0 Å². The summed E-state index contributed by atoms with van der Waals surface area (Å²) < 4.78 is 10.1. The van der Waals surface area contributed by atoms with Crippen molar-refractivity contribution in [3.63, 3.8) is 0 Å². The highest BCUT2D eigenvalue weighted by Gasteiger charge is 2.19. The van der Waals surface area contributed by atoms with E-state index >= 15 is 0 Å². The van der Waals surface area contributed by atoms with Gasteiger partial charge >= 0.3 is 5.97 Å². The molecular formula is C20H24O6. The molecule has 6 nitrogen and oxygen atoms in total. The molecule has 0 fully saturated rings. The number of rotatable bonds is 8. The number of phenolic OH excluding ortho intramolecular Hbond substituents is 1. The van der Waals surface area contributed by atoms with Crippen molar-refractivity contribution in [1.82, 2.24) is 0 Å². The lowest BCUT2D eigenvalue weighted by atomic mass is 10.0. The molecule has 0 saturated carbocycles. The molecule has 26 heavy (non-hydrogen) atoms. The predicted molar refractivity (Wildman–Crippen MR) is 96.4 cm³/mol. The van der Waals surface area contributed by atoms with Crippen LogP contribution in [0.4, 0.5) is 0 Å². The standard InChI is InChI=1S/C20H24O6/c1-13(12-21)9-14-3-6-16(7-4-14)26-20(24)18(23)11-15-5-8-19(25-2)17(22)10-15/h3-8,10,13,18,21-23H,9,11-12H2,1-2H3. The smallest absolute Gasteiger partial charge is 0.340 e. The zero-order valence-electron chi connectivity index (χ0n) is 14.9. The molecular weight excluding hydrogens is 336 g/mol. The summed E-state index contributed by atoms with van der Waals surface area (Å²) in [4.78, 5) is 12.0. The number of aliphatic hydroxyl groups is 2. The first kappa shape index (κ1) is 19.8. The lowest BCUT2D eigenvalue weighted by Crippen LogP contribution is -2.27. The van der Waals surface area contributed by atoms with Crippen molar-refractivity contribution in [3.8, 4) is 17.2 Å². The van der Waals surface area contributed by atoms with Crippen molar-refractivity contribution in [3.05, 3.63) is 53.6 Å². The molecule has 2 aromatic rings. The van der Waals surface area contributed by atoms with E-state index in [4.69, 9.17) is 14.6 Å². The first-order valence-electron chi connectivity index (χ1n) is 8.38. The van der Waals surface area contributed by atoms with E-state index in [-0.39, 0.29) is 24.7 Å². The van der Waals surface area contributed by atoms with Gasteiger partial charge in [-0.05, 0) is 47.7 Å². The second-order valence-electron chi connectivity index (χ2n) is 6.28. The van der Waals surface area contributed by atoms with Crippen LogP contribution < -0.4 is 9.47 Å². The molecule has 3 N–H and O–H groups in total. The summed E-state index contributed by atoms with van der Waals surface area (Å²) in [5.74, 6) is -0.00497. The third-order valence-electron chi connectivity index (χ3n) is 3.98. The third-order valence-corrected chi connectivity index (χ3v) is 3.98. The topological polar surface area (TPSA) is 96.2 Å². The molecule has 0 aliphatic rings. The average Bonchev–Trinajstić information content (AvgIpc) is 2.63. The summed E-state index contributed by atoms with van der Waals surface area (Å²) in [6, 6.07) is 11.6. The molecule has 0 heterocycles. The summed E-state index contributed by atoms with van der Waals surface area (Å²) in [6.07, 6.45) is -0.603. The minimum Gasteiger partial charge on any atom is -0.504 e. The van der Waals surface area contributed by atoms with Gasteiger partial charge in [-0.15, -0.1) is 0 Å². The average molecular weight is 360 g/mol. The molecule has 2 aromatic carbocycles. The fourth-order valence-corrected chi connectivity index (χ4v) is 2.51. The Morgan fingerprint density at radius 1 is 1.08 bits per heavy atom. The Balaban J connectivity index is 1.93. The van der Waals surface area contributed by atoms with E-state index in [0.717, 1.165) is 12.0 Å². The summed E-state index contributed by atoms with van der Waals surface area (Å²) >= 11 is 0. The number of hydrogen-bond donors (Lipinski definition) is 3. The van der Waals surface area contributed by atoms with Gasteiger partial charge < -0.3 is 24.8 Å². The molecule has 0 aliphatic heterocycles. The van der Waals surface area contributed by atoms with Crippen LogP contribution in [0.15, 0.2) is 42.5 Å². The number of esters is 1. The molecule has 0 aliphatic carbocycles. The van der Waals surface area contributed by atoms with E-state index in [1.165, 1.54) is 13.2 Å². The van der Waals surface area contributed by atoms with Crippen molar-refractivity contribution in [2.45, 2.75) is 25.9 Å². The van der Waals surface area contributed by atoms with Crippen LogP contribution in [0.5, 0.6) is 17.2 Å². The van der Waals surface area contributed by atoms with Crippen LogP contribution in [-0.4, -0.2) is 41.1 Å². The van der Waals surface area contributed by atoms with Gasteiger partial charge in [0.05, 0.1) is 7.11 Å². The number of hydrogen-bond acceptors (Lipinski definition) is 6. The van der Waals surface area contributed by atoms with Gasteiger partial charge in [-0.3, -0.25) is 0 Å². The number of benzene rings is 2. The number of phenols is 1. The lowest BCUT2D eigenvalue weighted by molar-refractivity contribution is -0.143. The fraction of sp³-hybridized carbons (Fsp3) is 0.350. The summed E-state index contributed by atoms with van der Waals surface area (Å²) in [7, 11) is 1.44. The molecule has 6 heteroatoms. The largest absolute Gasteiger partial charge is 0.504 e. The quantitative estimate of drug-likeness (QED) is 0.493. The van der Waals surface area contributed by atoms with Crippen LogP contribution in [0.25, 0.3) is 0 Å². The maximum absolute atomic E-state index is 12.0. The fourth-order valence-electron chi connectivity index (χ4n) is 2.51. The van der Waals surface area contributed by atoms with E-state index < -0.39 is 12.1 Å². The highest BCUT2D eigenvalue weighted by atomic mass is 16.5. The summed E-state index contributed by atoms with van der Waals surface area (Å²) in [6.45, 7) is 2.06. The van der Waals surface area contributed by atoms with Crippen LogP contribution in [0.1, 0.15) is 18.1 Å². The number of carbonyl (C=O) groups excluding carboxylic acids is 1.